The number of carboxylic acids is 1. The van der Waals surface area contributed by atoms with Gasteiger partial charge in [-0.25, -0.2) is 9.18 Å². The van der Waals surface area contributed by atoms with Crippen molar-refractivity contribution in [2.75, 3.05) is 31.1 Å². The van der Waals surface area contributed by atoms with Crippen molar-refractivity contribution in [2.45, 2.75) is 18.9 Å². The van der Waals surface area contributed by atoms with Crippen molar-refractivity contribution in [1.82, 2.24) is 9.88 Å². The first-order valence-corrected chi connectivity index (χ1v) is 8.13. The summed E-state index contributed by atoms with van der Waals surface area (Å²) < 4.78 is 16.4. The quantitative estimate of drug-likeness (QED) is 0.549. The molecule has 1 saturated heterocycles. The molecule has 0 unspecified atom stereocenters. The molecule has 2 aliphatic rings. The monoisotopic (exact) mass is 543 g/mol. The van der Waals surface area contributed by atoms with E-state index in [9.17, 15) is 19.1 Å². The van der Waals surface area contributed by atoms with E-state index < -0.39 is 17.2 Å². The van der Waals surface area contributed by atoms with Crippen LogP contribution >= 0.6 is 0 Å². The Morgan fingerprint density at radius 3 is 2.52 bits per heavy atom. The number of anilines is 1. The van der Waals surface area contributed by atoms with Gasteiger partial charge in [-0.3, -0.25) is 4.79 Å². The standard InChI is InChI=1S/C17H18FN3O3.Bi.3H/c18-13-7-11-14(8-15(13)20-5-3-19-4-6-20)21(10-1-2-10)9-12(16(11)22)17(23)24;;;;/h7-10,19H,1-6H2,(H,23,24);;;;. The van der Waals surface area contributed by atoms with E-state index in [1.807, 2.05) is 9.47 Å². The van der Waals surface area contributed by atoms with Crippen LogP contribution in [0.2, 0.25) is 0 Å². The number of hydrogen-bond acceptors (Lipinski definition) is 4. The summed E-state index contributed by atoms with van der Waals surface area (Å²) in [6.07, 6.45) is 3.29. The molecule has 1 aromatic heterocycles. The molecule has 8 heteroatoms. The number of nitrogens with zero attached hydrogens (tertiary/aromatic N) is 2. The Morgan fingerprint density at radius 1 is 1.24 bits per heavy atom. The van der Waals surface area contributed by atoms with Crippen LogP contribution in [0.1, 0.15) is 29.2 Å². The van der Waals surface area contributed by atoms with Crippen LogP contribution in [-0.2, 0) is 0 Å². The van der Waals surface area contributed by atoms with Crippen molar-refractivity contribution in [3.63, 3.8) is 0 Å². The second kappa shape index (κ2) is 7.00. The molecule has 0 amide bonds. The molecule has 1 aliphatic carbocycles. The Balaban J connectivity index is 0.00000182. The van der Waals surface area contributed by atoms with Crippen LogP contribution < -0.4 is 15.6 Å². The van der Waals surface area contributed by atoms with Crippen molar-refractivity contribution < 1.29 is 14.3 Å². The molecule has 2 N–H and O–H groups in total. The number of aromatic carboxylic acids is 1. The Hall–Kier alpha value is -1.53. The van der Waals surface area contributed by atoms with Gasteiger partial charge < -0.3 is 19.9 Å². The van der Waals surface area contributed by atoms with Crippen LogP contribution in [0.5, 0.6) is 0 Å². The third kappa shape index (κ3) is 3.29. The number of rotatable bonds is 3. The predicted molar refractivity (Wildman–Crippen MR) is 98.4 cm³/mol. The Morgan fingerprint density at radius 2 is 1.92 bits per heavy atom. The topological polar surface area (TPSA) is 74.6 Å². The number of pyridine rings is 1. The number of halogens is 1. The molecule has 6 nitrogen and oxygen atoms in total. The van der Waals surface area contributed by atoms with Crippen LogP contribution in [0, 0.1) is 5.82 Å². The summed E-state index contributed by atoms with van der Waals surface area (Å²) in [7, 11) is 0. The van der Waals surface area contributed by atoms with E-state index in [2.05, 4.69) is 5.32 Å². The third-order valence-corrected chi connectivity index (χ3v) is 4.73. The van der Waals surface area contributed by atoms with Crippen LogP contribution in [0.25, 0.3) is 10.9 Å². The average molecular weight is 543 g/mol. The number of carboxylic acid groups (broad SMARTS) is 1. The molecule has 0 bridgehead atoms. The maximum absolute atomic E-state index is 14.6. The van der Waals surface area contributed by atoms with E-state index in [4.69, 9.17) is 0 Å². The molecule has 25 heavy (non-hydrogen) atoms. The average Bonchev–Trinajstić information content (AvgIpc) is 3.40. The number of fused-ring (bicyclic) bond motifs is 1. The summed E-state index contributed by atoms with van der Waals surface area (Å²) in [5, 5.41) is 12.6. The second-order valence-corrected chi connectivity index (χ2v) is 6.37. The number of nitrogens with one attached hydrogen (secondary N) is 1. The molecule has 2 aromatic rings. The molecule has 134 valence electrons. The summed E-state index contributed by atoms with van der Waals surface area (Å²) in [4.78, 5) is 25.7. The first-order valence-electron chi connectivity index (χ1n) is 8.13. The zero-order valence-corrected chi connectivity index (χ0v) is 19.3. The molecule has 1 aliphatic heterocycles. The number of piperazine rings is 1. The van der Waals surface area contributed by atoms with Crippen molar-refractivity contribution in [1.29, 1.82) is 0 Å². The minimum atomic E-state index is -1.28. The van der Waals surface area contributed by atoms with E-state index >= 15 is 0 Å². The first-order chi connectivity index (χ1) is 11.6. The minimum absolute atomic E-state index is 0. The van der Waals surface area contributed by atoms with Gasteiger partial charge in [0.1, 0.15) is 11.4 Å². The van der Waals surface area contributed by atoms with Gasteiger partial charge in [-0.1, -0.05) is 0 Å². The van der Waals surface area contributed by atoms with Gasteiger partial charge in [-0.05, 0) is 25.0 Å². The summed E-state index contributed by atoms with van der Waals surface area (Å²) >= 11 is 0. The van der Waals surface area contributed by atoms with E-state index in [1.165, 1.54) is 12.3 Å². The van der Waals surface area contributed by atoms with Crippen molar-refractivity contribution in [3.05, 3.63) is 39.9 Å². The van der Waals surface area contributed by atoms with E-state index in [0.717, 1.165) is 25.9 Å². The van der Waals surface area contributed by atoms with Crippen molar-refractivity contribution in [3.8, 4) is 0 Å². The summed E-state index contributed by atoms with van der Waals surface area (Å²) in [6, 6.07) is 3.08. The summed E-state index contributed by atoms with van der Waals surface area (Å²) in [5.41, 5.74) is 0.159. The molecular formula is C17H21BiFN3O3. The second-order valence-electron chi connectivity index (χ2n) is 6.37. The van der Waals surface area contributed by atoms with Crippen molar-refractivity contribution in [2.24, 2.45) is 0 Å². The van der Waals surface area contributed by atoms with Crippen molar-refractivity contribution >= 4 is 48.8 Å². The first kappa shape index (κ1) is 18.3. The normalized spacial score (nSPS) is 17.4. The van der Waals surface area contributed by atoms with E-state index in [1.54, 1.807) is 6.07 Å². The van der Waals surface area contributed by atoms with Gasteiger partial charge >= 0.3 is 32.2 Å². The molecule has 1 saturated carbocycles. The molecule has 0 radical (unpaired) electrons. The molecule has 2 fully saturated rings. The SMILES string of the molecule is O=C(O)c1cn(C2CC2)c2cc(N3CCNCC3)c(F)cc2c1=O.[BiH3]. The Labute approximate surface area is 162 Å². The number of benzene rings is 1. The van der Waals surface area contributed by atoms with Gasteiger partial charge in [0, 0.05) is 43.8 Å². The van der Waals surface area contributed by atoms with Crippen LogP contribution in [0.15, 0.2) is 23.1 Å². The number of aromatic nitrogens is 1. The fourth-order valence-corrected chi connectivity index (χ4v) is 3.31. The molecule has 0 spiro atoms. The summed E-state index contributed by atoms with van der Waals surface area (Å²) in [6.45, 7) is 2.96. The maximum atomic E-state index is 14.6. The van der Waals surface area contributed by atoms with E-state index in [0.29, 0.717) is 24.3 Å². The van der Waals surface area contributed by atoms with Gasteiger partial charge in [-0.2, -0.15) is 0 Å². The van der Waals surface area contributed by atoms with Gasteiger partial charge in [0.15, 0.2) is 0 Å². The number of hydrogen-bond donors (Lipinski definition) is 2. The molecule has 2 heterocycles. The van der Waals surface area contributed by atoms with Gasteiger partial charge in [0.25, 0.3) is 0 Å². The predicted octanol–water partition coefficient (Wildman–Crippen LogP) is 0.399. The third-order valence-electron chi connectivity index (χ3n) is 4.73. The van der Waals surface area contributed by atoms with Gasteiger partial charge in [0.2, 0.25) is 5.43 Å². The van der Waals surface area contributed by atoms with Crippen LogP contribution in [-0.4, -0.2) is 68.0 Å². The molecule has 4 rings (SSSR count). The zero-order valence-electron chi connectivity index (χ0n) is 13.8. The van der Waals surface area contributed by atoms with Gasteiger partial charge in [-0.15, -0.1) is 0 Å². The van der Waals surface area contributed by atoms with Gasteiger partial charge in [0.05, 0.1) is 11.2 Å². The Bertz CT molecular complexity index is 889. The Kier molecular flexibility index (Phi) is 5.12. The van der Waals surface area contributed by atoms with Crippen LogP contribution in [0.4, 0.5) is 10.1 Å². The zero-order chi connectivity index (χ0) is 16.8. The summed E-state index contributed by atoms with van der Waals surface area (Å²) in [5.74, 6) is -1.76. The molecule has 1 aromatic carbocycles. The van der Waals surface area contributed by atoms with E-state index in [-0.39, 0.29) is 43.2 Å². The fraction of sp³-hybridized carbons (Fsp3) is 0.412. The van der Waals surface area contributed by atoms with Crippen LogP contribution in [0.3, 0.4) is 0 Å². The molecule has 0 atom stereocenters. The molecular weight excluding hydrogens is 522 g/mol. The number of carbonyl (C=O) groups is 1. The fourth-order valence-electron chi connectivity index (χ4n) is 3.31.